The first-order chi connectivity index (χ1) is 4.21. The Labute approximate surface area is 74.1 Å². The molecule has 0 fully saturated rings. The SMILES string of the molecule is O=P([O-])([O-])CCP(=O)([O-])[O-].[Cr+4]. The van der Waals surface area contributed by atoms with Gasteiger partial charge in [-0.1, -0.05) is 15.2 Å². The van der Waals surface area contributed by atoms with Crippen LogP contribution in [0.4, 0.5) is 0 Å². The molecule has 9 heteroatoms. The fourth-order valence-corrected chi connectivity index (χ4v) is 2.20. The van der Waals surface area contributed by atoms with Crippen molar-refractivity contribution >= 4 is 15.2 Å². The summed E-state index contributed by atoms with van der Waals surface area (Å²) >= 11 is 0. The average molecular weight is 238 g/mol. The predicted molar refractivity (Wildman–Crippen MR) is 24.9 cm³/mol. The van der Waals surface area contributed by atoms with Crippen molar-refractivity contribution < 1.29 is 46.1 Å². The van der Waals surface area contributed by atoms with Crippen LogP contribution in [0.15, 0.2) is 0 Å². The maximum absolute atomic E-state index is 9.75. The van der Waals surface area contributed by atoms with Crippen molar-refractivity contribution in [2.75, 3.05) is 12.3 Å². The monoisotopic (exact) mass is 238 g/mol. The van der Waals surface area contributed by atoms with E-state index in [1.165, 1.54) is 0 Å². The van der Waals surface area contributed by atoms with Crippen LogP contribution >= 0.6 is 15.2 Å². The van der Waals surface area contributed by atoms with Gasteiger partial charge >= 0.3 is 17.4 Å². The Kier molecular flexibility index (Phi) is 6.21. The predicted octanol–water partition coefficient (Wildman–Crippen LogP) is -3.19. The minimum atomic E-state index is -4.83. The van der Waals surface area contributed by atoms with E-state index in [-0.39, 0.29) is 17.4 Å². The minimum absolute atomic E-state index is 0. The van der Waals surface area contributed by atoms with Gasteiger partial charge in [-0.3, -0.25) is 0 Å². The number of hydrogen-bond acceptors (Lipinski definition) is 6. The van der Waals surface area contributed by atoms with Gasteiger partial charge in [-0.25, -0.2) is 0 Å². The molecule has 64 valence electrons. The van der Waals surface area contributed by atoms with Gasteiger partial charge in [0.25, 0.3) is 0 Å². The van der Waals surface area contributed by atoms with E-state index < -0.39 is 27.5 Å². The molecule has 0 aromatic heterocycles. The van der Waals surface area contributed by atoms with Crippen molar-refractivity contribution in [2.45, 2.75) is 0 Å². The summed E-state index contributed by atoms with van der Waals surface area (Å²) in [5.74, 6) is 0. The summed E-state index contributed by atoms with van der Waals surface area (Å²) in [4.78, 5) is 39.0. The molecular weight excluding hydrogens is 234 g/mol. The van der Waals surface area contributed by atoms with Crippen molar-refractivity contribution in [3.63, 3.8) is 0 Å². The summed E-state index contributed by atoms with van der Waals surface area (Å²) in [6.07, 6.45) is -2.23. The first-order valence-electron chi connectivity index (χ1n) is 2.23. The molecule has 0 aliphatic heterocycles. The smallest absolute Gasteiger partial charge is 0.811 e. The molecule has 0 saturated carbocycles. The summed E-state index contributed by atoms with van der Waals surface area (Å²) < 4.78 is 19.5. The van der Waals surface area contributed by atoms with Crippen LogP contribution in [-0.4, -0.2) is 12.3 Å². The van der Waals surface area contributed by atoms with Gasteiger partial charge in [0.1, 0.15) is 0 Å². The number of hydrogen-bond donors (Lipinski definition) is 0. The van der Waals surface area contributed by atoms with Crippen molar-refractivity contribution in [1.82, 2.24) is 0 Å². The van der Waals surface area contributed by atoms with Crippen LogP contribution in [0.3, 0.4) is 0 Å². The molecule has 0 aliphatic rings. The third-order valence-corrected chi connectivity index (χ3v) is 2.54. The zero-order valence-corrected chi connectivity index (χ0v) is 8.23. The number of rotatable bonds is 3. The molecule has 0 atom stereocenters. The van der Waals surface area contributed by atoms with Gasteiger partial charge in [-0.05, 0) is 12.3 Å². The molecule has 0 rings (SSSR count). The van der Waals surface area contributed by atoms with Crippen LogP contribution in [0.1, 0.15) is 0 Å². The average Bonchev–Trinajstić information content (AvgIpc) is 1.57. The summed E-state index contributed by atoms with van der Waals surface area (Å²) in [5, 5.41) is 0. The van der Waals surface area contributed by atoms with Crippen LogP contribution in [0.5, 0.6) is 0 Å². The van der Waals surface area contributed by atoms with Gasteiger partial charge in [0.15, 0.2) is 0 Å². The van der Waals surface area contributed by atoms with Gasteiger partial charge < -0.3 is 28.7 Å². The second kappa shape index (κ2) is 4.76. The van der Waals surface area contributed by atoms with Crippen LogP contribution in [-0.2, 0) is 26.5 Å². The van der Waals surface area contributed by atoms with E-state index in [1.807, 2.05) is 0 Å². The minimum Gasteiger partial charge on any atom is -0.811 e. The first-order valence-corrected chi connectivity index (χ1v) is 5.68. The molecule has 0 saturated heterocycles. The fourth-order valence-electron chi connectivity index (χ4n) is 0.245. The van der Waals surface area contributed by atoms with Crippen LogP contribution < -0.4 is 19.6 Å². The quantitative estimate of drug-likeness (QED) is 0.476. The van der Waals surface area contributed by atoms with Crippen LogP contribution in [0.2, 0.25) is 0 Å². The van der Waals surface area contributed by atoms with Gasteiger partial charge in [-0.15, -0.1) is 0 Å². The third kappa shape index (κ3) is 13.8. The maximum atomic E-state index is 9.75. The zero-order valence-electron chi connectivity index (χ0n) is 5.17. The van der Waals surface area contributed by atoms with E-state index >= 15 is 0 Å². The van der Waals surface area contributed by atoms with Crippen LogP contribution in [0.25, 0.3) is 0 Å². The standard InChI is InChI=1S/C2H8O6P2.Cr/c3-9(4,5)1-2-10(6,7)8;/h1-2H2,(H2,3,4,5)(H2,6,7,8);/q;+4/p-4. The summed E-state index contributed by atoms with van der Waals surface area (Å²) in [6, 6.07) is 0. The van der Waals surface area contributed by atoms with Gasteiger partial charge in [0, 0.05) is 0 Å². The molecule has 0 unspecified atom stereocenters. The van der Waals surface area contributed by atoms with E-state index in [2.05, 4.69) is 0 Å². The van der Waals surface area contributed by atoms with Crippen molar-refractivity contribution in [1.29, 1.82) is 0 Å². The Morgan fingerprint density at radius 3 is 1.09 bits per heavy atom. The van der Waals surface area contributed by atoms with Gasteiger partial charge in [0.2, 0.25) is 0 Å². The van der Waals surface area contributed by atoms with Gasteiger partial charge in [-0.2, -0.15) is 0 Å². The Morgan fingerprint density at radius 2 is 1.00 bits per heavy atom. The molecule has 0 N–H and O–H groups in total. The Balaban J connectivity index is 0. The fraction of sp³-hybridized carbons (Fsp3) is 1.00. The molecule has 6 nitrogen and oxygen atoms in total. The van der Waals surface area contributed by atoms with Crippen molar-refractivity contribution in [2.24, 2.45) is 0 Å². The molecular formula is C2H4CrO6P2. The topological polar surface area (TPSA) is 126 Å². The molecule has 0 radical (unpaired) electrons. The Hall–Kier alpha value is 0.832. The second-order valence-electron chi connectivity index (χ2n) is 1.67. The molecule has 0 spiro atoms. The molecule has 0 amide bonds. The zero-order chi connectivity index (χ0) is 8.41. The summed E-state index contributed by atoms with van der Waals surface area (Å²) in [7, 11) is -9.67. The summed E-state index contributed by atoms with van der Waals surface area (Å²) in [5.41, 5.74) is 0. The first kappa shape index (κ1) is 14.4. The van der Waals surface area contributed by atoms with E-state index in [0.717, 1.165) is 0 Å². The van der Waals surface area contributed by atoms with E-state index in [1.54, 1.807) is 0 Å². The molecule has 0 heterocycles. The van der Waals surface area contributed by atoms with Gasteiger partial charge in [0.05, 0.1) is 0 Å². The van der Waals surface area contributed by atoms with Crippen molar-refractivity contribution in [3.8, 4) is 0 Å². The molecule has 11 heavy (non-hydrogen) atoms. The Morgan fingerprint density at radius 1 is 0.818 bits per heavy atom. The third-order valence-electron chi connectivity index (χ3n) is 0.648. The molecule has 0 aromatic carbocycles. The normalized spacial score (nSPS) is 12.4. The van der Waals surface area contributed by atoms with Crippen molar-refractivity contribution in [3.05, 3.63) is 0 Å². The summed E-state index contributed by atoms with van der Waals surface area (Å²) in [6.45, 7) is 0. The van der Waals surface area contributed by atoms with E-state index in [0.29, 0.717) is 0 Å². The second-order valence-corrected chi connectivity index (χ2v) is 5.01. The molecule has 0 aliphatic carbocycles. The molecule has 0 bridgehead atoms. The van der Waals surface area contributed by atoms with Crippen LogP contribution in [0, 0.1) is 0 Å². The van der Waals surface area contributed by atoms with E-state index in [4.69, 9.17) is 0 Å². The molecule has 0 aromatic rings. The largest absolute Gasteiger partial charge is 4.00 e. The maximum Gasteiger partial charge on any atom is 4.00 e. The Bertz CT molecular complexity index is 169. The van der Waals surface area contributed by atoms with E-state index in [9.17, 15) is 28.7 Å².